The molecule has 0 fully saturated rings. The number of hydrogen-bond donors (Lipinski definition) is 2. The van der Waals surface area contributed by atoms with Gasteiger partial charge in [-0.05, 0) is 13.8 Å². The Morgan fingerprint density at radius 2 is 2.05 bits per heavy atom. The molecule has 0 aliphatic rings. The zero-order valence-corrected chi connectivity index (χ0v) is 10.8. The van der Waals surface area contributed by atoms with Crippen LogP contribution in [0.25, 0.3) is 0 Å². The van der Waals surface area contributed by atoms with E-state index in [1.807, 2.05) is 0 Å². The number of halogens is 3. The number of carbonyl (C=O) groups is 1. The van der Waals surface area contributed by atoms with Gasteiger partial charge in [0.25, 0.3) is 0 Å². The lowest BCUT2D eigenvalue weighted by molar-refractivity contribution is -0.178. The zero-order valence-electron chi connectivity index (χ0n) is 10.8. The molecule has 1 amide bonds. The summed E-state index contributed by atoms with van der Waals surface area (Å²) >= 11 is 0. The summed E-state index contributed by atoms with van der Waals surface area (Å²) in [7, 11) is 0. The number of nitrogens with zero attached hydrogens (tertiary/aromatic N) is 2. The topological polar surface area (TPSA) is 88.1 Å². The second-order valence-corrected chi connectivity index (χ2v) is 4.13. The van der Waals surface area contributed by atoms with Crippen LogP contribution < -0.4 is 5.73 Å². The summed E-state index contributed by atoms with van der Waals surface area (Å²) in [6.45, 7) is 1.42. The summed E-state index contributed by atoms with van der Waals surface area (Å²) in [4.78, 5) is 13.0. The number of rotatable bonds is 7. The first-order valence-electron chi connectivity index (χ1n) is 5.57. The fraction of sp³-hybridized carbons (Fsp3) is 0.800. The fourth-order valence-corrected chi connectivity index (χ4v) is 1.29. The number of oxime groups is 1. The molecule has 0 saturated heterocycles. The standard InChI is InChI=1S/C10H18F3N3O3/c1-7(2)16(4-3-8(14)15-18)9(17)5-19-6-10(11,12)13/h7,18H,3-6H2,1-2H3,(H2,14,15). The van der Waals surface area contributed by atoms with Gasteiger partial charge in [0, 0.05) is 19.0 Å². The highest BCUT2D eigenvalue weighted by Crippen LogP contribution is 2.14. The maximum absolute atomic E-state index is 11.9. The number of amidine groups is 1. The molecule has 0 heterocycles. The van der Waals surface area contributed by atoms with Crippen molar-refractivity contribution in [2.75, 3.05) is 19.8 Å². The highest BCUT2D eigenvalue weighted by atomic mass is 19.4. The van der Waals surface area contributed by atoms with Gasteiger partial charge in [0.2, 0.25) is 5.91 Å². The molecule has 0 aromatic rings. The van der Waals surface area contributed by atoms with Crippen molar-refractivity contribution in [2.24, 2.45) is 10.9 Å². The largest absolute Gasteiger partial charge is 0.411 e. The van der Waals surface area contributed by atoms with Gasteiger partial charge in [0.1, 0.15) is 19.0 Å². The minimum Gasteiger partial charge on any atom is -0.409 e. The van der Waals surface area contributed by atoms with Gasteiger partial charge in [-0.3, -0.25) is 4.79 Å². The third-order valence-corrected chi connectivity index (χ3v) is 2.17. The first kappa shape index (κ1) is 17.5. The molecular weight excluding hydrogens is 267 g/mol. The summed E-state index contributed by atoms with van der Waals surface area (Å²) in [6.07, 6.45) is -4.34. The van der Waals surface area contributed by atoms with Crippen molar-refractivity contribution >= 4 is 11.7 Å². The van der Waals surface area contributed by atoms with E-state index in [9.17, 15) is 18.0 Å². The molecule has 3 N–H and O–H groups in total. The fourth-order valence-electron chi connectivity index (χ4n) is 1.29. The molecule has 0 atom stereocenters. The average Bonchev–Trinajstić information content (AvgIpc) is 2.26. The highest BCUT2D eigenvalue weighted by Gasteiger charge is 2.28. The first-order chi connectivity index (χ1) is 8.67. The Bertz CT molecular complexity index is 319. The average molecular weight is 285 g/mol. The number of hydrogen-bond acceptors (Lipinski definition) is 4. The van der Waals surface area contributed by atoms with Gasteiger partial charge in [-0.1, -0.05) is 5.16 Å². The number of nitrogens with two attached hydrogens (primary N) is 1. The van der Waals surface area contributed by atoms with Crippen LogP contribution in [0.4, 0.5) is 13.2 Å². The second kappa shape index (κ2) is 7.82. The third kappa shape index (κ3) is 8.25. The molecule has 0 aliphatic carbocycles. The Morgan fingerprint density at radius 3 is 2.47 bits per heavy atom. The van der Waals surface area contributed by atoms with Crippen molar-refractivity contribution in [3.63, 3.8) is 0 Å². The number of ether oxygens (including phenoxy) is 1. The van der Waals surface area contributed by atoms with Crippen molar-refractivity contribution < 1.29 is 27.9 Å². The van der Waals surface area contributed by atoms with Crippen molar-refractivity contribution in [1.82, 2.24) is 4.90 Å². The van der Waals surface area contributed by atoms with Crippen LogP contribution in [0.1, 0.15) is 20.3 Å². The van der Waals surface area contributed by atoms with Crippen molar-refractivity contribution in [2.45, 2.75) is 32.5 Å². The Kier molecular flexibility index (Phi) is 7.20. The van der Waals surface area contributed by atoms with E-state index >= 15 is 0 Å². The summed E-state index contributed by atoms with van der Waals surface area (Å²) < 4.78 is 39.9. The predicted octanol–water partition coefficient (Wildman–Crippen LogP) is 0.939. The normalized spacial score (nSPS) is 12.8. The Labute approximate surface area is 109 Å². The van der Waals surface area contributed by atoms with E-state index < -0.39 is 25.3 Å². The lowest BCUT2D eigenvalue weighted by Crippen LogP contribution is -2.41. The molecule has 0 aromatic carbocycles. The number of alkyl halides is 3. The van der Waals surface area contributed by atoms with Gasteiger partial charge in [0.05, 0.1) is 0 Å². The predicted molar refractivity (Wildman–Crippen MR) is 61.7 cm³/mol. The van der Waals surface area contributed by atoms with Crippen LogP contribution in [0.2, 0.25) is 0 Å². The van der Waals surface area contributed by atoms with Crippen LogP contribution in [-0.2, 0) is 9.53 Å². The van der Waals surface area contributed by atoms with Crippen molar-refractivity contribution in [3.05, 3.63) is 0 Å². The van der Waals surface area contributed by atoms with Crippen LogP contribution in [0.5, 0.6) is 0 Å². The summed E-state index contributed by atoms with van der Waals surface area (Å²) in [5.74, 6) is -0.639. The molecule has 0 bridgehead atoms. The van der Waals surface area contributed by atoms with Gasteiger partial charge in [-0.25, -0.2) is 0 Å². The monoisotopic (exact) mass is 285 g/mol. The van der Waals surface area contributed by atoms with Gasteiger partial charge in [0.15, 0.2) is 0 Å². The van der Waals surface area contributed by atoms with E-state index in [-0.39, 0.29) is 24.8 Å². The SMILES string of the molecule is CC(C)N(CCC(N)=NO)C(=O)COCC(F)(F)F. The zero-order chi connectivity index (χ0) is 15.1. The molecule has 9 heteroatoms. The van der Waals surface area contributed by atoms with Crippen LogP contribution >= 0.6 is 0 Å². The van der Waals surface area contributed by atoms with Gasteiger partial charge in [-0.2, -0.15) is 13.2 Å². The molecule has 19 heavy (non-hydrogen) atoms. The molecule has 0 saturated carbocycles. The molecule has 0 aliphatic heterocycles. The van der Waals surface area contributed by atoms with Crippen molar-refractivity contribution in [3.8, 4) is 0 Å². The Hall–Kier alpha value is -1.51. The maximum Gasteiger partial charge on any atom is 0.411 e. The Balaban J connectivity index is 4.27. The molecule has 0 aromatic heterocycles. The highest BCUT2D eigenvalue weighted by molar-refractivity contribution is 5.81. The number of carbonyl (C=O) groups excluding carboxylic acids is 1. The minimum atomic E-state index is -4.46. The van der Waals surface area contributed by atoms with Gasteiger partial charge < -0.3 is 20.6 Å². The second-order valence-electron chi connectivity index (χ2n) is 4.13. The van der Waals surface area contributed by atoms with E-state index in [1.54, 1.807) is 13.8 Å². The quantitative estimate of drug-likeness (QED) is 0.315. The molecule has 112 valence electrons. The van der Waals surface area contributed by atoms with Gasteiger partial charge in [-0.15, -0.1) is 0 Å². The van der Waals surface area contributed by atoms with Crippen LogP contribution in [0.3, 0.4) is 0 Å². The van der Waals surface area contributed by atoms with Crippen LogP contribution in [-0.4, -0.2) is 53.8 Å². The smallest absolute Gasteiger partial charge is 0.409 e. The maximum atomic E-state index is 11.9. The first-order valence-corrected chi connectivity index (χ1v) is 5.57. The number of amides is 1. The molecule has 0 spiro atoms. The lowest BCUT2D eigenvalue weighted by atomic mass is 10.2. The van der Waals surface area contributed by atoms with Crippen LogP contribution in [0, 0.1) is 0 Å². The van der Waals surface area contributed by atoms with Crippen molar-refractivity contribution in [1.29, 1.82) is 0 Å². The van der Waals surface area contributed by atoms with E-state index in [0.717, 1.165) is 0 Å². The van der Waals surface area contributed by atoms with Crippen LogP contribution in [0.15, 0.2) is 5.16 Å². The van der Waals surface area contributed by atoms with E-state index in [0.29, 0.717) is 0 Å². The molecule has 0 unspecified atom stereocenters. The molecular formula is C10H18F3N3O3. The molecule has 6 nitrogen and oxygen atoms in total. The van der Waals surface area contributed by atoms with E-state index in [2.05, 4.69) is 9.89 Å². The minimum absolute atomic E-state index is 0.0605. The molecule has 0 radical (unpaired) electrons. The molecule has 0 rings (SSSR count). The lowest BCUT2D eigenvalue weighted by Gasteiger charge is -2.26. The third-order valence-electron chi connectivity index (χ3n) is 2.17. The van der Waals surface area contributed by atoms with E-state index in [4.69, 9.17) is 10.9 Å². The summed E-state index contributed by atoms with van der Waals surface area (Å²) in [5.41, 5.74) is 5.26. The van der Waals surface area contributed by atoms with Gasteiger partial charge >= 0.3 is 6.18 Å². The van der Waals surface area contributed by atoms with E-state index in [1.165, 1.54) is 4.90 Å². The summed E-state index contributed by atoms with van der Waals surface area (Å²) in [6, 6.07) is -0.228. The Morgan fingerprint density at radius 1 is 1.47 bits per heavy atom. The summed E-state index contributed by atoms with van der Waals surface area (Å²) in [5, 5.41) is 11.1.